The topological polar surface area (TPSA) is 0 Å². The minimum Gasteiger partial charge on any atom is -0.183 e. The largest absolute Gasteiger partial charge is 1.00 e. The maximum absolute atomic E-state index is 3.10. The molecular weight excluding hydrogens is 147 g/mol. The molecule has 1 aliphatic rings. The summed E-state index contributed by atoms with van der Waals surface area (Å²) in [6.07, 6.45) is 1.22. The first-order valence-corrected chi connectivity index (χ1v) is 4.40. The van der Waals surface area contributed by atoms with E-state index in [2.05, 4.69) is 25.1 Å². The molecule has 0 N–H and O–H groups in total. The molecule has 1 aromatic rings. The van der Waals surface area contributed by atoms with Crippen LogP contribution in [-0.2, 0) is 6.42 Å². The minimum atomic E-state index is 0. The molecule has 0 saturated heterocycles. The van der Waals surface area contributed by atoms with E-state index < -0.39 is 0 Å². The molecule has 0 aromatic heterocycles. The van der Waals surface area contributed by atoms with Crippen molar-refractivity contribution in [2.45, 2.75) is 23.5 Å². The Hall–Kier alpha value is 0.167. The summed E-state index contributed by atoms with van der Waals surface area (Å²) in [7, 11) is 0. The summed E-state index contributed by atoms with van der Waals surface area (Å²) in [6.45, 7) is 2.27. The van der Waals surface area contributed by atoms with Gasteiger partial charge in [-0.3, -0.25) is 0 Å². The fraction of sp³-hybridized carbons (Fsp3) is 0.333. The molecule has 2 heteroatoms. The van der Waals surface area contributed by atoms with Gasteiger partial charge in [-0.1, -0.05) is 18.2 Å². The Morgan fingerprint density at radius 2 is 2.45 bits per heavy atom. The van der Waals surface area contributed by atoms with E-state index in [1.54, 1.807) is 0 Å². The summed E-state index contributed by atoms with van der Waals surface area (Å²) in [6, 6.07) is 9.35. The Morgan fingerprint density at radius 3 is 3.18 bits per heavy atom. The van der Waals surface area contributed by atoms with Gasteiger partial charge < -0.3 is 0 Å². The first kappa shape index (κ1) is 9.26. The molecule has 2 rings (SSSR count). The maximum Gasteiger partial charge on any atom is 1.00 e. The fourth-order valence-electron chi connectivity index (χ4n) is 1.29. The van der Waals surface area contributed by atoms with Crippen LogP contribution in [0.15, 0.2) is 23.1 Å². The maximum atomic E-state index is 3.10. The molecule has 1 aromatic carbocycles. The predicted octanol–water partition coefficient (Wildman–Crippen LogP) is -0.473. The molecule has 0 spiro atoms. The van der Waals surface area contributed by atoms with Gasteiger partial charge in [0.1, 0.15) is 0 Å². The second kappa shape index (κ2) is 3.71. The number of hydrogen-bond acceptors (Lipinski definition) is 1. The first-order chi connectivity index (χ1) is 4.86. The Bertz CT molecular complexity index is 222. The first-order valence-electron chi connectivity index (χ1n) is 3.52. The summed E-state index contributed by atoms with van der Waals surface area (Å²) in [5.74, 6) is 0. The van der Waals surface area contributed by atoms with Crippen LogP contribution in [0.2, 0.25) is 0 Å². The van der Waals surface area contributed by atoms with Crippen LogP contribution in [0.5, 0.6) is 0 Å². The third-order valence-electron chi connectivity index (χ3n) is 1.74. The molecule has 0 saturated carbocycles. The zero-order valence-corrected chi connectivity index (χ0v) is 7.74. The Morgan fingerprint density at radius 1 is 1.64 bits per heavy atom. The van der Waals surface area contributed by atoms with E-state index in [9.17, 15) is 0 Å². The van der Waals surface area contributed by atoms with Gasteiger partial charge in [-0.2, -0.15) is 36.0 Å². The molecule has 52 valence electrons. The second-order valence-electron chi connectivity index (χ2n) is 2.67. The van der Waals surface area contributed by atoms with Gasteiger partial charge in [0.2, 0.25) is 0 Å². The van der Waals surface area contributed by atoms with Crippen LogP contribution in [0.3, 0.4) is 0 Å². The van der Waals surface area contributed by atoms with E-state index in [1.807, 2.05) is 17.8 Å². The summed E-state index contributed by atoms with van der Waals surface area (Å²) in [4.78, 5) is 1.45. The number of hydrogen-bond donors (Lipinski definition) is 0. The van der Waals surface area contributed by atoms with Gasteiger partial charge in [0.05, 0.1) is 0 Å². The molecule has 11 heavy (non-hydrogen) atoms. The van der Waals surface area contributed by atoms with E-state index in [1.165, 1.54) is 16.9 Å². The Kier molecular flexibility index (Phi) is 3.13. The molecular formula is C9H9LiS. The predicted molar refractivity (Wildman–Crippen MR) is 44.3 cm³/mol. The van der Waals surface area contributed by atoms with Crippen LogP contribution >= 0.6 is 11.8 Å². The number of thioether (sulfide) groups is 1. The van der Waals surface area contributed by atoms with E-state index >= 15 is 0 Å². The SMILES string of the molecule is CC1Cc2c[c-]ccc2S1.[Li+]. The van der Waals surface area contributed by atoms with E-state index in [-0.39, 0.29) is 18.9 Å². The fourth-order valence-corrected chi connectivity index (χ4v) is 2.43. The van der Waals surface area contributed by atoms with Crippen molar-refractivity contribution in [2.24, 2.45) is 0 Å². The average molecular weight is 156 g/mol. The van der Waals surface area contributed by atoms with Crippen LogP contribution in [0.4, 0.5) is 0 Å². The van der Waals surface area contributed by atoms with Crippen molar-refractivity contribution in [1.82, 2.24) is 0 Å². The molecule has 0 fully saturated rings. The van der Waals surface area contributed by atoms with Crippen molar-refractivity contribution in [3.8, 4) is 0 Å². The second-order valence-corrected chi connectivity index (χ2v) is 4.15. The molecule has 0 nitrogen and oxygen atoms in total. The molecule has 1 heterocycles. The number of fused-ring (bicyclic) bond motifs is 1. The average Bonchev–Trinajstić information content (AvgIpc) is 2.27. The molecule has 1 aliphatic heterocycles. The summed E-state index contributed by atoms with van der Waals surface area (Å²) < 4.78 is 0. The van der Waals surface area contributed by atoms with Crippen molar-refractivity contribution >= 4 is 11.8 Å². The minimum absolute atomic E-state index is 0. The third kappa shape index (κ3) is 1.85. The Labute approximate surface area is 83.9 Å². The van der Waals surface area contributed by atoms with Crippen molar-refractivity contribution in [3.63, 3.8) is 0 Å². The monoisotopic (exact) mass is 156 g/mol. The van der Waals surface area contributed by atoms with Crippen LogP contribution in [0.1, 0.15) is 12.5 Å². The van der Waals surface area contributed by atoms with Crippen molar-refractivity contribution in [2.75, 3.05) is 0 Å². The van der Waals surface area contributed by atoms with Gasteiger partial charge >= 0.3 is 18.9 Å². The van der Waals surface area contributed by atoms with E-state index in [0.29, 0.717) is 0 Å². The van der Waals surface area contributed by atoms with Gasteiger partial charge in [-0.15, -0.1) is 5.56 Å². The van der Waals surface area contributed by atoms with Crippen LogP contribution < -0.4 is 18.9 Å². The van der Waals surface area contributed by atoms with Crippen LogP contribution in [0, 0.1) is 6.07 Å². The third-order valence-corrected chi connectivity index (χ3v) is 2.96. The van der Waals surface area contributed by atoms with Gasteiger partial charge in [0.25, 0.3) is 0 Å². The Balaban J connectivity index is 0.000000605. The smallest absolute Gasteiger partial charge is 0.183 e. The zero-order valence-electron chi connectivity index (χ0n) is 6.92. The summed E-state index contributed by atoms with van der Waals surface area (Å²) in [5, 5.41) is 0.769. The molecule has 0 amide bonds. The number of benzene rings is 1. The van der Waals surface area contributed by atoms with Gasteiger partial charge in [0, 0.05) is 0 Å². The van der Waals surface area contributed by atoms with Crippen LogP contribution in [-0.4, -0.2) is 5.25 Å². The van der Waals surface area contributed by atoms with Gasteiger partial charge in [0.15, 0.2) is 0 Å². The van der Waals surface area contributed by atoms with E-state index in [4.69, 9.17) is 0 Å². The quantitative estimate of drug-likeness (QED) is 0.361. The molecule has 0 radical (unpaired) electrons. The molecule has 0 bridgehead atoms. The van der Waals surface area contributed by atoms with Crippen molar-refractivity contribution in [1.29, 1.82) is 0 Å². The molecule has 0 aliphatic carbocycles. The van der Waals surface area contributed by atoms with E-state index in [0.717, 1.165) is 5.25 Å². The normalized spacial score (nSPS) is 20.6. The molecule has 1 atom stereocenters. The van der Waals surface area contributed by atoms with Crippen molar-refractivity contribution in [3.05, 3.63) is 29.8 Å². The van der Waals surface area contributed by atoms with Gasteiger partial charge in [-0.05, 0) is 5.25 Å². The number of rotatable bonds is 0. The summed E-state index contributed by atoms with van der Waals surface area (Å²) in [5.41, 5.74) is 1.47. The standard InChI is InChI=1S/C9H9S.Li/c1-7-6-8-4-2-3-5-9(8)10-7;/h3-5,7H,6H2,1H3;/q-1;+1. The van der Waals surface area contributed by atoms with Crippen molar-refractivity contribution < 1.29 is 18.9 Å². The summed E-state index contributed by atoms with van der Waals surface area (Å²) >= 11 is 1.97. The van der Waals surface area contributed by atoms with Gasteiger partial charge in [-0.25, -0.2) is 0 Å². The zero-order chi connectivity index (χ0) is 6.97. The molecule has 1 unspecified atom stereocenters. The van der Waals surface area contributed by atoms with Crippen LogP contribution in [0.25, 0.3) is 0 Å².